The van der Waals surface area contributed by atoms with Crippen molar-refractivity contribution >= 4 is 45.7 Å². The Balaban J connectivity index is 1.85. The number of rotatable bonds is 2. The van der Waals surface area contributed by atoms with Crippen molar-refractivity contribution in [3.05, 3.63) is 58.6 Å². The topological polar surface area (TPSA) is 28.0 Å². The van der Waals surface area contributed by atoms with Gasteiger partial charge in [-0.3, -0.25) is 0 Å². The van der Waals surface area contributed by atoms with Crippen LogP contribution in [0.4, 0.5) is 11.4 Å². The van der Waals surface area contributed by atoms with E-state index in [1.54, 1.807) is 11.8 Å². The molecule has 2 aromatic carbocycles. The van der Waals surface area contributed by atoms with E-state index in [2.05, 4.69) is 76.1 Å². The number of halogens is 1. The Hall–Kier alpha value is -1.78. The summed E-state index contributed by atoms with van der Waals surface area (Å²) < 4.78 is 0. The largest absolute Gasteiger partial charge is 0.307 e. The average molecular weight is 468 g/mol. The van der Waals surface area contributed by atoms with Crippen molar-refractivity contribution in [2.75, 3.05) is 11.2 Å². The van der Waals surface area contributed by atoms with Crippen LogP contribution in [-0.2, 0) is 0 Å². The van der Waals surface area contributed by atoms with E-state index in [0.717, 1.165) is 40.2 Å². The highest BCUT2D eigenvalue weighted by molar-refractivity contribution is 8.13. The molecule has 1 aliphatic heterocycles. The molecule has 0 N–H and O–H groups in total. The van der Waals surface area contributed by atoms with E-state index in [0.29, 0.717) is 11.3 Å². The number of hydrogen-bond donors (Lipinski definition) is 0. The van der Waals surface area contributed by atoms with E-state index in [1.807, 2.05) is 12.1 Å². The molecule has 1 heterocycles. The third-order valence-electron chi connectivity index (χ3n) is 7.18. The first kappa shape index (κ1) is 23.4. The minimum absolute atomic E-state index is 0.237. The average Bonchev–Trinajstić information content (AvgIpc) is 3.03. The molecule has 5 heteroatoms. The predicted octanol–water partition coefficient (Wildman–Crippen LogP) is 8.20. The van der Waals surface area contributed by atoms with Crippen LogP contribution in [0.5, 0.6) is 0 Å². The molecule has 0 saturated heterocycles. The molecular formula is C27H34ClN3S. The number of aryl methyl sites for hydroxylation is 2. The number of hydrogen-bond acceptors (Lipinski definition) is 3. The summed E-state index contributed by atoms with van der Waals surface area (Å²) in [6.45, 7) is 11.4. The van der Waals surface area contributed by atoms with Crippen LogP contribution < -0.4 is 4.90 Å². The summed E-state index contributed by atoms with van der Waals surface area (Å²) in [5.74, 6) is 1.65. The van der Waals surface area contributed by atoms with Crippen LogP contribution in [0, 0.1) is 25.2 Å². The van der Waals surface area contributed by atoms with Crippen molar-refractivity contribution < 1.29 is 0 Å². The molecule has 170 valence electrons. The van der Waals surface area contributed by atoms with Crippen molar-refractivity contribution in [3.8, 4) is 0 Å². The van der Waals surface area contributed by atoms with Gasteiger partial charge in [0.2, 0.25) is 0 Å². The Morgan fingerprint density at radius 3 is 2.25 bits per heavy atom. The van der Waals surface area contributed by atoms with E-state index in [4.69, 9.17) is 21.6 Å². The highest BCUT2D eigenvalue weighted by Crippen LogP contribution is 2.49. The maximum absolute atomic E-state index is 6.43. The Bertz CT molecular complexity index is 1040. The van der Waals surface area contributed by atoms with Crippen LogP contribution in [0.2, 0.25) is 5.02 Å². The van der Waals surface area contributed by atoms with Gasteiger partial charge in [0.15, 0.2) is 11.0 Å². The molecule has 1 spiro atoms. The fourth-order valence-electron chi connectivity index (χ4n) is 5.26. The number of para-hydroxylation sites is 1. The maximum atomic E-state index is 6.43. The van der Waals surface area contributed by atoms with Gasteiger partial charge in [0.25, 0.3) is 0 Å². The second-order valence-corrected chi connectivity index (χ2v) is 11.5. The number of amidine groups is 2. The number of aliphatic imine (C=N–C) groups is 2. The minimum Gasteiger partial charge on any atom is -0.307 e. The van der Waals surface area contributed by atoms with E-state index in [1.165, 1.54) is 24.0 Å². The molecule has 2 aliphatic rings. The molecule has 0 bridgehead atoms. The third kappa shape index (κ3) is 4.24. The summed E-state index contributed by atoms with van der Waals surface area (Å²) in [5, 5.41) is 1.76. The molecule has 1 fully saturated rings. The smallest absolute Gasteiger partial charge is 0.170 e. The SMILES string of the molecule is CSC1=NC(=Nc2c(C)cccc2C)C2(CCC(C(C)(C)C)CC2)N1c1cccc(Cl)c1. The summed E-state index contributed by atoms with van der Waals surface area (Å²) in [6.07, 6.45) is 6.53. The van der Waals surface area contributed by atoms with Gasteiger partial charge in [0, 0.05) is 10.7 Å². The summed E-state index contributed by atoms with van der Waals surface area (Å²) >= 11 is 8.12. The summed E-state index contributed by atoms with van der Waals surface area (Å²) in [4.78, 5) is 12.8. The molecular weight excluding hydrogens is 434 g/mol. The lowest BCUT2D eigenvalue weighted by atomic mass is 9.66. The van der Waals surface area contributed by atoms with Crippen LogP contribution in [-0.4, -0.2) is 22.8 Å². The van der Waals surface area contributed by atoms with Crippen LogP contribution in [0.3, 0.4) is 0 Å². The number of anilines is 1. The first-order valence-corrected chi connectivity index (χ1v) is 13.1. The Morgan fingerprint density at radius 1 is 1.06 bits per heavy atom. The molecule has 0 unspecified atom stereocenters. The fraction of sp³-hybridized carbons (Fsp3) is 0.481. The predicted molar refractivity (Wildman–Crippen MR) is 142 cm³/mol. The van der Waals surface area contributed by atoms with Gasteiger partial charge < -0.3 is 4.90 Å². The minimum atomic E-state index is -0.237. The Morgan fingerprint density at radius 2 is 1.69 bits per heavy atom. The fourth-order valence-corrected chi connectivity index (χ4v) is 6.09. The summed E-state index contributed by atoms with van der Waals surface area (Å²) in [5.41, 5.74) is 4.62. The van der Waals surface area contributed by atoms with Crippen molar-refractivity contribution in [1.82, 2.24) is 0 Å². The van der Waals surface area contributed by atoms with Crippen molar-refractivity contribution in [1.29, 1.82) is 0 Å². The van der Waals surface area contributed by atoms with Gasteiger partial charge >= 0.3 is 0 Å². The molecule has 0 atom stereocenters. The van der Waals surface area contributed by atoms with Gasteiger partial charge in [-0.1, -0.05) is 68.4 Å². The van der Waals surface area contributed by atoms with E-state index in [-0.39, 0.29) is 5.54 Å². The van der Waals surface area contributed by atoms with Crippen molar-refractivity contribution in [3.63, 3.8) is 0 Å². The Kier molecular flexibility index (Phi) is 6.48. The van der Waals surface area contributed by atoms with E-state index >= 15 is 0 Å². The number of thioether (sulfide) groups is 1. The molecule has 0 amide bonds. The second-order valence-electron chi connectivity index (χ2n) is 10.3. The van der Waals surface area contributed by atoms with Gasteiger partial charge in [-0.2, -0.15) is 0 Å². The third-order valence-corrected chi connectivity index (χ3v) is 8.05. The quantitative estimate of drug-likeness (QED) is 0.445. The monoisotopic (exact) mass is 467 g/mol. The lowest BCUT2D eigenvalue weighted by molar-refractivity contribution is 0.158. The molecule has 1 aliphatic carbocycles. The first-order chi connectivity index (χ1) is 15.2. The summed E-state index contributed by atoms with van der Waals surface area (Å²) in [7, 11) is 0. The maximum Gasteiger partial charge on any atom is 0.170 e. The number of nitrogens with zero attached hydrogens (tertiary/aromatic N) is 3. The number of benzene rings is 2. The van der Waals surface area contributed by atoms with Gasteiger partial charge in [0.1, 0.15) is 5.54 Å². The molecule has 3 nitrogen and oxygen atoms in total. The van der Waals surface area contributed by atoms with Crippen LogP contribution in [0.15, 0.2) is 52.4 Å². The second kappa shape index (κ2) is 8.87. The Labute approximate surface area is 202 Å². The molecule has 2 aromatic rings. The van der Waals surface area contributed by atoms with Gasteiger partial charge in [0.05, 0.1) is 5.69 Å². The van der Waals surface area contributed by atoms with Gasteiger partial charge in [-0.25, -0.2) is 9.98 Å². The van der Waals surface area contributed by atoms with Gasteiger partial charge in [-0.15, -0.1) is 0 Å². The van der Waals surface area contributed by atoms with E-state index < -0.39 is 0 Å². The highest BCUT2D eigenvalue weighted by Gasteiger charge is 2.52. The molecule has 1 saturated carbocycles. The molecule has 4 rings (SSSR count). The normalized spacial score (nSPS) is 25.0. The zero-order chi connectivity index (χ0) is 23.1. The zero-order valence-corrected chi connectivity index (χ0v) is 21.6. The van der Waals surface area contributed by atoms with Crippen LogP contribution in [0.25, 0.3) is 0 Å². The first-order valence-electron chi connectivity index (χ1n) is 11.5. The molecule has 0 aromatic heterocycles. The van der Waals surface area contributed by atoms with E-state index in [9.17, 15) is 0 Å². The van der Waals surface area contributed by atoms with Gasteiger partial charge in [-0.05, 0) is 86.4 Å². The molecule has 32 heavy (non-hydrogen) atoms. The van der Waals surface area contributed by atoms with Crippen molar-refractivity contribution in [2.45, 2.75) is 65.8 Å². The van der Waals surface area contributed by atoms with Crippen molar-refractivity contribution in [2.24, 2.45) is 21.3 Å². The highest BCUT2D eigenvalue weighted by atomic mass is 35.5. The molecule has 0 radical (unpaired) electrons. The van der Waals surface area contributed by atoms with Crippen LogP contribution >= 0.6 is 23.4 Å². The lowest BCUT2D eigenvalue weighted by Gasteiger charge is -2.47. The lowest BCUT2D eigenvalue weighted by Crippen LogP contribution is -2.54. The standard InChI is InChI=1S/C27H34ClN3S/c1-18-9-7-10-19(2)23(18)29-24-27(15-13-20(14-16-27)26(3,4)5)31(25(30-24)32-6)22-12-8-11-21(28)17-22/h7-12,17,20H,13-16H2,1-6H3. The van der Waals surface area contributed by atoms with Crippen LogP contribution in [0.1, 0.15) is 57.6 Å². The summed E-state index contributed by atoms with van der Waals surface area (Å²) in [6, 6.07) is 14.6. The zero-order valence-electron chi connectivity index (χ0n) is 20.1.